The van der Waals surface area contributed by atoms with Gasteiger partial charge in [0.1, 0.15) is 5.75 Å². The second-order valence-electron chi connectivity index (χ2n) is 4.77. The first-order chi connectivity index (χ1) is 11.5. The molecule has 0 saturated heterocycles. The van der Waals surface area contributed by atoms with E-state index in [0.717, 1.165) is 10.0 Å². The van der Waals surface area contributed by atoms with Crippen LogP contribution in [0.25, 0.3) is 0 Å². The number of nitro benzene ring substituents is 1. The zero-order valence-electron chi connectivity index (χ0n) is 12.8. The molecule has 0 aliphatic carbocycles. The Kier molecular flexibility index (Phi) is 6.62. The van der Waals surface area contributed by atoms with Gasteiger partial charge in [0.2, 0.25) is 5.91 Å². The SMILES string of the molecule is COc1ccc([N+](=O)[O-])cc1NC(=O)CSCc1ccccc1Br. The molecule has 0 radical (unpaired) electrons. The second-order valence-corrected chi connectivity index (χ2v) is 6.61. The lowest BCUT2D eigenvalue weighted by molar-refractivity contribution is -0.384. The van der Waals surface area contributed by atoms with E-state index in [4.69, 9.17) is 4.74 Å². The number of non-ortho nitro benzene ring substituents is 1. The summed E-state index contributed by atoms with van der Waals surface area (Å²) in [6.45, 7) is 0. The quantitative estimate of drug-likeness (QED) is 0.545. The van der Waals surface area contributed by atoms with E-state index in [1.807, 2.05) is 24.3 Å². The van der Waals surface area contributed by atoms with Crippen molar-refractivity contribution in [3.8, 4) is 5.75 Å². The lowest BCUT2D eigenvalue weighted by atomic mass is 10.2. The Morgan fingerprint density at radius 3 is 2.75 bits per heavy atom. The second kappa shape index (κ2) is 8.70. The van der Waals surface area contributed by atoms with Gasteiger partial charge in [-0.3, -0.25) is 14.9 Å². The van der Waals surface area contributed by atoms with Crippen molar-refractivity contribution in [1.29, 1.82) is 0 Å². The first-order valence-electron chi connectivity index (χ1n) is 6.94. The van der Waals surface area contributed by atoms with Gasteiger partial charge in [-0.25, -0.2) is 0 Å². The number of hydrogen-bond acceptors (Lipinski definition) is 5. The summed E-state index contributed by atoms with van der Waals surface area (Å²) in [6, 6.07) is 11.9. The maximum absolute atomic E-state index is 12.1. The number of nitrogens with zero attached hydrogens (tertiary/aromatic N) is 1. The van der Waals surface area contributed by atoms with Crippen LogP contribution in [-0.4, -0.2) is 23.7 Å². The Morgan fingerprint density at radius 1 is 1.33 bits per heavy atom. The van der Waals surface area contributed by atoms with Gasteiger partial charge < -0.3 is 10.1 Å². The fourth-order valence-corrected chi connectivity index (χ4v) is 3.40. The molecule has 6 nitrogen and oxygen atoms in total. The molecule has 2 aromatic rings. The Balaban J connectivity index is 1.95. The molecule has 1 N–H and O–H groups in total. The van der Waals surface area contributed by atoms with Gasteiger partial charge >= 0.3 is 0 Å². The van der Waals surface area contributed by atoms with E-state index in [1.165, 1.54) is 37.1 Å². The van der Waals surface area contributed by atoms with Gasteiger partial charge in [-0.1, -0.05) is 34.1 Å². The van der Waals surface area contributed by atoms with E-state index in [1.54, 1.807) is 0 Å². The van der Waals surface area contributed by atoms with Crippen molar-refractivity contribution in [2.75, 3.05) is 18.2 Å². The maximum atomic E-state index is 12.1. The third kappa shape index (κ3) is 4.97. The van der Waals surface area contributed by atoms with E-state index in [2.05, 4.69) is 21.2 Å². The first kappa shape index (κ1) is 18.3. The Hall–Kier alpha value is -2.06. The number of nitro groups is 1. The predicted octanol–water partition coefficient (Wildman–Crippen LogP) is 4.24. The number of ether oxygens (including phenoxy) is 1. The molecule has 0 unspecified atom stereocenters. The Bertz CT molecular complexity index is 755. The van der Waals surface area contributed by atoms with Crippen LogP contribution in [-0.2, 0) is 10.5 Å². The lowest BCUT2D eigenvalue weighted by Gasteiger charge is -2.10. The van der Waals surface area contributed by atoms with Crippen LogP contribution in [0.4, 0.5) is 11.4 Å². The summed E-state index contributed by atoms with van der Waals surface area (Å²) >= 11 is 4.92. The number of rotatable bonds is 7. The Morgan fingerprint density at radius 2 is 2.08 bits per heavy atom. The molecule has 2 rings (SSSR count). The van der Waals surface area contributed by atoms with E-state index in [0.29, 0.717) is 11.5 Å². The number of carbonyl (C=O) groups is 1. The zero-order chi connectivity index (χ0) is 17.5. The molecule has 126 valence electrons. The average Bonchev–Trinajstić information content (AvgIpc) is 2.56. The molecule has 24 heavy (non-hydrogen) atoms. The maximum Gasteiger partial charge on any atom is 0.271 e. The minimum Gasteiger partial charge on any atom is -0.495 e. The van der Waals surface area contributed by atoms with Gasteiger partial charge in [-0.2, -0.15) is 0 Å². The van der Waals surface area contributed by atoms with Crippen LogP contribution in [0.5, 0.6) is 5.75 Å². The molecule has 0 aliphatic rings. The molecule has 2 aromatic carbocycles. The monoisotopic (exact) mass is 410 g/mol. The minimum atomic E-state index is -0.517. The molecule has 0 saturated carbocycles. The predicted molar refractivity (Wildman–Crippen MR) is 98.6 cm³/mol. The number of methoxy groups -OCH3 is 1. The highest BCUT2D eigenvalue weighted by Crippen LogP contribution is 2.29. The van der Waals surface area contributed by atoms with Gasteiger partial charge in [0.15, 0.2) is 0 Å². The fourth-order valence-electron chi connectivity index (χ4n) is 1.96. The number of amides is 1. The van der Waals surface area contributed by atoms with Crippen LogP contribution >= 0.6 is 27.7 Å². The van der Waals surface area contributed by atoms with E-state index < -0.39 is 4.92 Å². The standard InChI is InChI=1S/C16H15BrN2O4S/c1-23-15-7-6-12(19(21)22)8-14(15)18-16(20)10-24-9-11-4-2-3-5-13(11)17/h2-8H,9-10H2,1H3,(H,18,20). The number of thioether (sulfide) groups is 1. The molecular weight excluding hydrogens is 396 g/mol. The number of anilines is 1. The van der Waals surface area contributed by atoms with Crippen LogP contribution in [0, 0.1) is 10.1 Å². The van der Waals surface area contributed by atoms with E-state index >= 15 is 0 Å². The number of halogens is 1. The molecular formula is C16H15BrN2O4S. The highest BCUT2D eigenvalue weighted by atomic mass is 79.9. The highest BCUT2D eigenvalue weighted by molar-refractivity contribution is 9.10. The van der Waals surface area contributed by atoms with Gasteiger partial charge in [-0.05, 0) is 17.7 Å². The van der Waals surface area contributed by atoms with Gasteiger partial charge in [0, 0.05) is 22.4 Å². The largest absolute Gasteiger partial charge is 0.495 e. The van der Waals surface area contributed by atoms with Crippen LogP contribution in [0.15, 0.2) is 46.9 Å². The van der Waals surface area contributed by atoms with Crippen molar-refractivity contribution in [3.05, 3.63) is 62.6 Å². The van der Waals surface area contributed by atoms with E-state index in [-0.39, 0.29) is 23.0 Å². The fraction of sp³-hybridized carbons (Fsp3) is 0.188. The van der Waals surface area contributed by atoms with Crippen LogP contribution in [0.3, 0.4) is 0 Å². The van der Waals surface area contributed by atoms with Crippen molar-refractivity contribution < 1.29 is 14.5 Å². The summed E-state index contributed by atoms with van der Waals surface area (Å²) in [7, 11) is 1.44. The molecule has 0 fully saturated rings. The third-order valence-electron chi connectivity index (χ3n) is 3.12. The molecule has 1 amide bonds. The number of nitrogens with one attached hydrogen (secondary N) is 1. The summed E-state index contributed by atoms with van der Waals surface area (Å²) in [6.07, 6.45) is 0. The average molecular weight is 411 g/mol. The molecule has 0 aromatic heterocycles. The molecule has 0 atom stereocenters. The normalized spacial score (nSPS) is 10.2. The molecule has 0 aliphatic heterocycles. The summed E-state index contributed by atoms with van der Waals surface area (Å²) < 4.78 is 6.12. The molecule has 8 heteroatoms. The van der Waals surface area contributed by atoms with Crippen molar-refractivity contribution in [2.24, 2.45) is 0 Å². The van der Waals surface area contributed by atoms with Crippen molar-refractivity contribution in [3.63, 3.8) is 0 Å². The zero-order valence-corrected chi connectivity index (χ0v) is 15.2. The number of benzene rings is 2. The van der Waals surface area contributed by atoms with Gasteiger partial charge in [0.05, 0.1) is 23.5 Å². The van der Waals surface area contributed by atoms with Crippen LogP contribution in [0.2, 0.25) is 0 Å². The summed E-state index contributed by atoms with van der Waals surface area (Å²) in [5.74, 6) is 1.05. The Labute approximate surface area is 151 Å². The highest BCUT2D eigenvalue weighted by Gasteiger charge is 2.13. The van der Waals surface area contributed by atoms with Gasteiger partial charge in [-0.15, -0.1) is 11.8 Å². The van der Waals surface area contributed by atoms with Crippen molar-refractivity contribution >= 4 is 45.0 Å². The lowest BCUT2D eigenvalue weighted by Crippen LogP contribution is -2.15. The first-order valence-corrected chi connectivity index (χ1v) is 8.89. The van der Waals surface area contributed by atoms with E-state index in [9.17, 15) is 14.9 Å². The van der Waals surface area contributed by atoms with Crippen LogP contribution in [0.1, 0.15) is 5.56 Å². The summed E-state index contributed by atoms with van der Waals surface area (Å²) in [5, 5.41) is 13.5. The van der Waals surface area contributed by atoms with Gasteiger partial charge in [0.25, 0.3) is 5.69 Å². The summed E-state index contributed by atoms with van der Waals surface area (Å²) in [5.41, 5.74) is 1.29. The minimum absolute atomic E-state index is 0.105. The van der Waals surface area contributed by atoms with Crippen molar-refractivity contribution in [1.82, 2.24) is 0 Å². The number of hydrogen-bond donors (Lipinski definition) is 1. The molecule has 0 bridgehead atoms. The number of carbonyl (C=O) groups excluding carboxylic acids is 1. The smallest absolute Gasteiger partial charge is 0.271 e. The molecule has 0 spiro atoms. The van der Waals surface area contributed by atoms with Crippen molar-refractivity contribution in [2.45, 2.75) is 5.75 Å². The van der Waals surface area contributed by atoms with Crippen LogP contribution < -0.4 is 10.1 Å². The topological polar surface area (TPSA) is 81.5 Å². The summed E-state index contributed by atoms with van der Waals surface area (Å²) in [4.78, 5) is 22.4. The molecule has 0 heterocycles. The third-order valence-corrected chi connectivity index (χ3v) is 4.87.